The maximum atomic E-state index is 11.7. The number of amides is 2. The van der Waals surface area contributed by atoms with E-state index < -0.39 is 6.10 Å². The maximum Gasteiger partial charge on any atom is 0.315 e. The minimum atomic E-state index is -0.522. The van der Waals surface area contributed by atoms with Gasteiger partial charge >= 0.3 is 6.03 Å². The van der Waals surface area contributed by atoms with E-state index >= 15 is 0 Å². The van der Waals surface area contributed by atoms with Gasteiger partial charge in [0.1, 0.15) is 0 Å². The first-order valence-corrected chi connectivity index (χ1v) is 9.20. The lowest BCUT2D eigenvalue weighted by atomic mass is 10.1. The second-order valence-corrected chi connectivity index (χ2v) is 7.06. The van der Waals surface area contributed by atoms with Crippen molar-refractivity contribution in [1.29, 1.82) is 0 Å². The lowest BCUT2D eigenvalue weighted by Gasteiger charge is -2.36. The summed E-state index contributed by atoms with van der Waals surface area (Å²) >= 11 is 0. The van der Waals surface area contributed by atoms with Gasteiger partial charge in [0, 0.05) is 51.0 Å². The molecule has 1 aliphatic rings. The van der Waals surface area contributed by atoms with Crippen LogP contribution in [-0.4, -0.2) is 67.5 Å². The van der Waals surface area contributed by atoms with Crippen molar-refractivity contribution in [1.82, 2.24) is 15.5 Å². The second kappa shape index (κ2) is 9.63. The number of aliphatic hydroxyl groups excluding tert-OH is 1. The van der Waals surface area contributed by atoms with E-state index in [1.807, 2.05) is 6.92 Å². The van der Waals surface area contributed by atoms with Gasteiger partial charge in [0.2, 0.25) is 0 Å². The number of nitrogens with zero attached hydrogens (tertiary/aromatic N) is 2. The fourth-order valence-electron chi connectivity index (χ4n) is 3.02. The van der Waals surface area contributed by atoms with Crippen LogP contribution in [-0.2, 0) is 0 Å². The molecule has 0 unspecified atom stereocenters. The Morgan fingerprint density at radius 3 is 2.60 bits per heavy atom. The van der Waals surface area contributed by atoms with Crippen LogP contribution in [0.5, 0.6) is 0 Å². The quantitative estimate of drug-likeness (QED) is 0.700. The van der Waals surface area contributed by atoms with Gasteiger partial charge in [-0.25, -0.2) is 4.79 Å². The number of rotatable bonds is 7. The third-order valence-electron chi connectivity index (χ3n) is 4.55. The van der Waals surface area contributed by atoms with Gasteiger partial charge in [-0.2, -0.15) is 0 Å². The molecule has 1 aromatic rings. The molecule has 2 rings (SSSR count). The number of nitrogens with one attached hydrogen (secondary N) is 2. The molecule has 3 N–H and O–H groups in total. The first-order chi connectivity index (χ1) is 11.9. The maximum absolute atomic E-state index is 11.7. The van der Waals surface area contributed by atoms with Crippen molar-refractivity contribution in [3.8, 4) is 0 Å². The van der Waals surface area contributed by atoms with Crippen molar-refractivity contribution in [3.63, 3.8) is 0 Å². The highest BCUT2D eigenvalue weighted by Crippen LogP contribution is 2.17. The Balaban J connectivity index is 1.65. The van der Waals surface area contributed by atoms with Crippen LogP contribution in [0.4, 0.5) is 10.5 Å². The van der Waals surface area contributed by atoms with E-state index in [4.69, 9.17) is 0 Å². The first kappa shape index (κ1) is 19.5. The summed E-state index contributed by atoms with van der Waals surface area (Å²) in [6.45, 7) is 11.2. The van der Waals surface area contributed by atoms with Gasteiger partial charge in [0.25, 0.3) is 0 Å². The van der Waals surface area contributed by atoms with E-state index in [1.54, 1.807) is 6.92 Å². The molecule has 2 amide bonds. The minimum Gasteiger partial charge on any atom is -0.392 e. The molecule has 140 valence electrons. The van der Waals surface area contributed by atoms with Crippen molar-refractivity contribution in [2.24, 2.45) is 0 Å². The minimum absolute atomic E-state index is 0.115. The third-order valence-corrected chi connectivity index (χ3v) is 4.55. The van der Waals surface area contributed by atoms with Gasteiger partial charge in [-0.05, 0) is 44.9 Å². The zero-order valence-electron chi connectivity index (χ0n) is 15.7. The lowest BCUT2D eigenvalue weighted by Crippen LogP contribution is -2.48. The summed E-state index contributed by atoms with van der Waals surface area (Å²) in [5.74, 6) is 0. The van der Waals surface area contributed by atoms with Crippen LogP contribution in [0, 0.1) is 6.92 Å². The predicted octanol–water partition coefficient (Wildman–Crippen LogP) is 1.58. The molecule has 1 fully saturated rings. The SMILES string of the molecule is Cc1cccc(N2CCN(CC[C@H](C)NC(=O)NC[C@@H](C)O)CC2)c1. The summed E-state index contributed by atoms with van der Waals surface area (Å²) in [5.41, 5.74) is 2.61. The monoisotopic (exact) mass is 348 g/mol. The number of anilines is 1. The number of benzene rings is 1. The molecule has 1 saturated heterocycles. The highest BCUT2D eigenvalue weighted by molar-refractivity contribution is 5.74. The molecule has 0 saturated carbocycles. The molecule has 0 aromatic heterocycles. The van der Waals surface area contributed by atoms with Gasteiger partial charge in [-0.15, -0.1) is 0 Å². The fraction of sp³-hybridized carbons (Fsp3) is 0.632. The number of carbonyl (C=O) groups excluding carboxylic acids is 1. The van der Waals surface area contributed by atoms with Crippen LogP contribution >= 0.6 is 0 Å². The molecule has 25 heavy (non-hydrogen) atoms. The average molecular weight is 348 g/mol. The number of hydrogen-bond donors (Lipinski definition) is 3. The van der Waals surface area contributed by atoms with Gasteiger partial charge in [-0.1, -0.05) is 12.1 Å². The van der Waals surface area contributed by atoms with Crippen LogP contribution in [0.25, 0.3) is 0 Å². The summed E-state index contributed by atoms with van der Waals surface area (Å²) in [7, 11) is 0. The fourth-order valence-corrected chi connectivity index (χ4v) is 3.02. The van der Waals surface area contributed by atoms with E-state index in [1.165, 1.54) is 11.3 Å². The van der Waals surface area contributed by atoms with Crippen LogP contribution < -0.4 is 15.5 Å². The van der Waals surface area contributed by atoms with E-state index in [0.717, 1.165) is 39.1 Å². The average Bonchev–Trinajstić information content (AvgIpc) is 2.58. The summed E-state index contributed by atoms with van der Waals surface area (Å²) in [5, 5.41) is 14.8. The normalized spacial score (nSPS) is 17.8. The van der Waals surface area contributed by atoms with Crippen molar-refractivity contribution < 1.29 is 9.90 Å². The standard InChI is InChI=1S/C19H32N4O2/c1-15-5-4-6-18(13-15)23-11-9-22(10-12-23)8-7-16(2)21-19(25)20-14-17(3)24/h4-6,13,16-17,24H,7-12,14H2,1-3H3,(H2,20,21,25)/t16-,17+/m0/s1. The molecular formula is C19H32N4O2. The Labute approximate surface area is 151 Å². The molecule has 0 spiro atoms. The number of aryl methyl sites for hydroxylation is 1. The lowest BCUT2D eigenvalue weighted by molar-refractivity contribution is 0.186. The molecule has 0 bridgehead atoms. The molecule has 2 atom stereocenters. The zero-order chi connectivity index (χ0) is 18.2. The highest BCUT2D eigenvalue weighted by Gasteiger charge is 2.18. The number of urea groups is 1. The number of aliphatic hydroxyl groups is 1. The molecule has 0 radical (unpaired) electrons. The van der Waals surface area contributed by atoms with Crippen molar-refractivity contribution in [2.45, 2.75) is 39.3 Å². The molecule has 1 heterocycles. The molecule has 1 aromatic carbocycles. The van der Waals surface area contributed by atoms with Gasteiger partial charge in [0.15, 0.2) is 0 Å². The number of piperazine rings is 1. The molecule has 6 heteroatoms. The second-order valence-electron chi connectivity index (χ2n) is 7.06. The van der Waals surface area contributed by atoms with Crippen molar-refractivity contribution >= 4 is 11.7 Å². The molecular weight excluding hydrogens is 316 g/mol. The van der Waals surface area contributed by atoms with Gasteiger partial charge < -0.3 is 20.6 Å². The first-order valence-electron chi connectivity index (χ1n) is 9.20. The Kier molecular flexibility index (Phi) is 7.52. The Morgan fingerprint density at radius 2 is 1.96 bits per heavy atom. The van der Waals surface area contributed by atoms with E-state index in [-0.39, 0.29) is 18.6 Å². The zero-order valence-corrected chi connectivity index (χ0v) is 15.7. The Morgan fingerprint density at radius 1 is 1.24 bits per heavy atom. The summed E-state index contributed by atoms with van der Waals surface area (Å²) < 4.78 is 0. The third kappa shape index (κ3) is 6.92. The summed E-state index contributed by atoms with van der Waals surface area (Å²) in [6.07, 6.45) is 0.401. The summed E-state index contributed by atoms with van der Waals surface area (Å²) in [4.78, 5) is 16.6. The largest absolute Gasteiger partial charge is 0.392 e. The van der Waals surface area contributed by atoms with E-state index in [2.05, 4.69) is 51.6 Å². The van der Waals surface area contributed by atoms with Crippen molar-refractivity contribution in [2.75, 3.05) is 44.2 Å². The Bertz CT molecular complexity index is 542. The smallest absolute Gasteiger partial charge is 0.315 e. The van der Waals surface area contributed by atoms with Crippen LogP contribution in [0.3, 0.4) is 0 Å². The highest BCUT2D eigenvalue weighted by atomic mass is 16.3. The van der Waals surface area contributed by atoms with Crippen LogP contribution in [0.2, 0.25) is 0 Å². The number of hydrogen-bond acceptors (Lipinski definition) is 4. The number of carbonyl (C=O) groups is 1. The molecule has 0 aliphatic carbocycles. The molecule has 1 aliphatic heterocycles. The van der Waals surface area contributed by atoms with Crippen LogP contribution in [0.15, 0.2) is 24.3 Å². The van der Waals surface area contributed by atoms with E-state index in [9.17, 15) is 9.90 Å². The molecule has 6 nitrogen and oxygen atoms in total. The van der Waals surface area contributed by atoms with E-state index in [0.29, 0.717) is 0 Å². The van der Waals surface area contributed by atoms with Crippen LogP contribution in [0.1, 0.15) is 25.8 Å². The Hall–Kier alpha value is -1.79. The summed E-state index contributed by atoms with van der Waals surface area (Å²) in [6, 6.07) is 8.58. The topological polar surface area (TPSA) is 67.8 Å². The van der Waals surface area contributed by atoms with Gasteiger partial charge in [0.05, 0.1) is 6.10 Å². The van der Waals surface area contributed by atoms with Crippen molar-refractivity contribution in [3.05, 3.63) is 29.8 Å². The van der Waals surface area contributed by atoms with Gasteiger partial charge in [-0.3, -0.25) is 4.90 Å². The predicted molar refractivity (Wildman–Crippen MR) is 102 cm³/mol.